The molecule has 13 heteroatoms. The van der Waals surface area contributed by atoms with Gasteiger partial charge in [-0.15, -0.1) is 0 Å². The summed E-state index contributed by atoms with van der Waals surface area (Å²) in [7, 11) is 0. The summed E-state index contributed by atoms with van der Waals surface area (Å²) in [6.07, 6.45) is -13.0. The predicted molar refractivity (Wildman–Crippen MR) is 87.0 cm³/mol. The third-order valence-electron chi connectivity index (χ3n) is 5.15. The van der Waals surface area contributed by atoms with Crippen molar-refractivity contribution in [2.24, 2.45) is 0 Å². The van der Waals surface area contributed by atoms with Gasteiger partial charge in [0.15, 0.2) is 0 Å². The maximum Gasteiger partial charge on any atom is 0.330 e. The van der Waals surface area contributed by atoms with Gasteiger partial charge in [0.1, 0.15) is 48.8 Å². The Morgan fingerprint density at radius 2 is 1.61 bits per heavy atom. The average Bonchev–Trinajstić information content (AvgIpc) is 2.92. The summed E-state index contributed by atoms with van der Waals surface area (Å²) < 4.78 is 11.6. The van der Waals surface area contributed by atoms with Gasteiger partial charge in [0.25, 0.3) is 5.56 Å². The quantitative estimate of drug-likeness (QED) is 0.236. The summed E-state index contributed by atoms with van der Waals surface area (Å²) in [4.78, 5) is 25.7. The van der Waals surface area contributed by atoms with Crippen molar-refractivity contribution >= 4 is 0 Å². The van der Waals surface area contributed by atoms with Gasteiger partial charge in [0.05, 0.1) is 13.2 Å². The smallest absolute Gasteiger partial charge is 0.330 e. The van der Waals surface area contributed by atoms with Crippen molar-refractivity contribution in [2.45, 2.75) is 54.6 Å². The highest BCUT2D eigenvalue weighted by Crippen LogP contribution is 2.42. The Bertz CT molecular complexity index is 810. The van der Waals surface area contributed by atoms with Crippen LogP contribution in [-0.4, -0.2) is 107 Å². The fourth-order valence-electron chi connectivity index (χ4n) is 3.68. The molecule has 0 aromatic carbocycles. The Hall–Kier alpha value is -1.68. The fourth-order valence-corrected chi connectivity index (χ4v) is 3.68. The predicted octanol–water partition coefficient (Wildman–Crippen LogP) is -5.86. The van der Waals surface area contributed by atoms with Crippen molar-refractivity contribution in [3.63, 3.8) is 0 Å². The van der Waals surface area contributed by atoms with E-state index < -0.39 is 79.0 Å². The van der Waals surface area contributed by atoms with Crippen molar-refractivity contribution in [3.05, 3.63) is 33.1 Å². The van der Waals surface area contributed by atoms with Crippen LogP contribution in [0.1, 0.15) is 0 Å². The van der Waals surface area contributed by atoms with E-state index in [9.17, 15) is 45.3 Å². The zero-order valence-corrected chi connectivity index (χ0v) is 14.4. The number of aliphatic hydroxyl groups excluding tert-OH is 7. The lowest BCUT2D eigenvalue weighted by Gasteiger charge is -2.48. The molecule has 0 saturated carbocycles. The molecular weight excluding hydrogens is 384 g/mol. The van der Waals surface area contributed by atoms with Crippen LogP contribution in [0.2, 0.25) is 0 Å². The molecule has 158 valence electrons. The minimum atomic E-state index is -2.41. The molecule has 2 fully saturated rings. The molecular formula is C15H22N2O11. The summed E-state index contributed by atoms with van der Waals surface area (Å²) in [5, 5.41) is 70.3. The summed E-state index contributed by atoms with van der Waals surface area (Å²) in [5.41, 5.74) is -4.30. The summed E-state index contributed by atoms with van der Waals surface area (Å²) in [5.74, 6) is 0. The Morgan fingerprint density at radius 1 is 0.964 bits per heavy atom. The monoisotopic (exact) mass is 406 g/mol. The van der Waals surface area contributed by atoms with Crippen LogP contribution in [0.15, 0.2) is 21.9 Å². The van der Waals surface area contributed by atoms with Gasteiger partial charge in [0.2, 0.25) is 5.72 Å². The normalized spacial score (nSPS) is 44.0. The van der Waals surface area contributed by atoms with Crippen molar-refractivity contribution in [1.29, 1.82) is 0 Å². The molecule has 2 aliphatic heterocycles. The lowest BCUT2D eigenvalue weighted by Crippen LogP contribution is -2.69. The van der Waals surface area contributed by atoms with Crippen LogP contribution < -0.4 is 11.2 Å². The summed E-state index contributed by atoms with van der Waals surface area (Å²) >= 11 is 0. The number of ether oxygens (including phenoxy) is 2. The van der Waals surface area contributed by atoms with E-state index in [1.54, 1.807) is 0 Å². The van der Waals surface area contributed by atoms with Crippen LogP contribution in [0, 0.1) is 0 Å². The summed E-state index contributed by atoms with van der Waals surface area (Å²) in [6, 6.07) is 0.905. The number of H-pyrrole nitrogens is 1. The van der Waals surface area contributed by atoms with Crippen LogP contribution in [-0.2, 0) is 15.2 Å². The van der Waals surface area contributed by atoms with Crippen molar-refractivity contribution in [1.82, 2.24) is 9.55 Å². The number of aliphatic hydroxyl groups is 7. The lowest BCUT2D eigenvalue weighted by atomic mass is 9.86. The van der Waals surface area contributed by atoms with Gasteiger partial charge >= 0.3 is 5.69 Å². The molecule has 3 rings (SSSR count). The Labute approximate surface area is 156 Å². The number of aromatic nitrogens is 2. The zero-order chi connectivity index (χ0) is 20.8. The van der Waals surface area contributed by atoms with Crippen LogP contribution in [0.25, 0.3) is 0 Å². The second-order valence-corrected chi connectivity index (χ2v) is 6.76. The van der Waals surface area contributed by atoms with E-state index in [2.05, 4.69) is 0 Å². The van der Waals surface area contributed by atoms with Crippen LogP contribution in [0.5, 0.6) is 0 Å². The lowest BCUT2D eigenvalue weighted by molar-refractivity contribution is -0.310. The second-order valence-electron chi connectivity index (χ2n) is 6.76. The fraction of sp³-hybridized carbons (Fsp3) is 0.733. The van der Waals surface area contributed by atoms with Gasteiger partial charge in [-0.25, -0.2) is 4.79 Å². The van der Waals surface area contributed by atoms with Crippen LogP contribution in [0.4, 0.5) is 0 Å². The van der Waals surface area contributed by atoms with E-state index in [4.69, 9.17) is 9.47 Å². The van der Waals surface area contributed by atoms with Crippen molar-refractivity contribution in [2.75, 3.05) is 13.2 Å². The molecule has 1 aromatic rings. The molecule has 28 heavy (non-hydrogen) atoms. The molecule has 0 unspecified atom stereocenters. The molecule has 2 aliphatic rings. The van der Waals surface area contributed by atoms with E-state index >= 15 is 0 Å². The molecule has 0 spiro atoms. The number of aromatic amines is 1. The van der Waals surface area contributed by atoms with E-state index in [1.807, 2.05) is 4.98 Å². The first-order valence-corrected chi connectivity index (χ1v) is 8.46. The first-order valence-electron chi connectivity index (χ1n) is 8.46. The SMILES string of the molecule is O=c1ccn([C@]2([C@@H]3O[C@H](CO)[C@@H](O)[C@H](O)[C@@H]3O)O[C@H](CO)[C@@H](O)[C@H]2O)c(=O)[nH]1. The van der Waals surface area contributed by atoms with Gasteiger partial charge in [-0.2, -0.15) is 0 Å². The number of nitrogens with zero attached hydrogens (tertiary/aromatic N) is 1. The van der Waals surface area contributed by atoms with E-state index in [0.29, 0.717) is 4.57 Å². The molecule has 3 heterocycles. The molecule has 0 bridgehead atoms. The molecule has 8 N–H and O–H groups in total. The minimum Gasteiger partial charge on any atom is -0.394 e. The standard InChI is InChI=1S/C15H22N2O11/c18-3-5-8(21)10(23)11(24)13(27-5)15(12(25)9(22)6(4-19)28-15)17-2-1-7(20)16-14(17)26/h1-2,5-6,8-13,18-19,21-25H,3-4H2,(H,16,20,26)/t5-,6-,8-,9-,10+,11+,12-,13-,15+/m1/s1. The van der Waals surface area contributed by atoms with E-state index in [1.165, 1.54) is 0 Å². The maximum absolute atomic E-state index is 12.4. The van der Waals surface area contributed by atoms with Crippen molar-refractivity contribution < 1.29 is 45.2 Å². The number of nitrogens with one attached hydrogen (secondary N) is 1. The van der Waals surface area contributed by atoms with Crippen LogP contribution >= 0.6 is 0 Å². The van der Waals surface area contributed by atoms with Gasteiger partial charge in [-0.3, -0.25) is 14.3 Å². The molecule has 0 amide bonds. The molecule has 0 aliphatic carbocycles. The van der Waals surface area contributed by atoms with E-state index in [0.717, 1.165) is 12.3 Å². The molecule has 1 aromatic heterocycles. The second kappa shape index (κ2) is 7.62. The first-order chi connectivity index (χ1) is 13.2. The van der Waals surface area contributed by atoms with E-state index in [-0.39, 0.29) is 0 Å². The highest BCUT2D eigenvalue weighted by Gasteiger charge is 2.65. The largest absolute Gasteiger partial charge is 0.394 e. The molecule has 13 nitrogen and oxygen atoms in total. The number of hydrogen-bond acceptors (Lipinski definition) is 11. The Morgan fingerprint density at radius 3 is 2.14 bits per heavy atom. The third kappa shape index (κ3) is 3.01. The van der Waals surface area contributed by atoms with Crippen molar-refractivity contribution in [3.8, 4) is 0 Å². The topological polar surface area (TPSA) is 215 Å². The Balaban J connectivity index is 2.20. The van der Waals surface area contributed by atoms with Gasteiger partial charge in [-0.05, 0) is 0 Å². The van der Waals surface area contributed by atoms with Gasteiger partial charge in [-0.1, -0.05) is 0 Å². The molecule has 9 atom stereocenters. The third-order valence-corrected chi connectivity index (χ3v) is 5.15. The average molecular weight is 406 g/mol. The van der Waals surface area contributed by atoms with Gasteiger partial charge < -0.3 is 45.2 Å². The molecule has 2 saturated heterocycles. The number of rotatable bonds is 4. The minimum absolute atomic E-state index is 0.644. The summed E-state index contributed by atoms with van der Waals surface area (Å²) in [6.45, 7) is -1.57. The first kappa shape index (κ1) is 21.0. The Kier molecular flexibility index (Phi) is 5.73. The number of hydrogen-bond donors (Lipinski definition) is 8. The van der Waals surface area contributed by atoms with Gasteiger partial charge in [0, 0.05) is 12.3 Å². The highest BCUT2D eigenvalue weighted by molar-refractivity contribution is 5.10. The molecule has 0 radical (unpaired) electrons. The highest BCUT2D eigenvalue weighted by atomic mass is 16.6. The zero-order valence-electron chi connectivity index (χ0n) is 14.4. The maximum atomic E-state index is 12.4. The van der Waals surface area contributed by atoms with Crippen LogP contribution in [0.3, 0.4) is 0 Å².